The minimum Gasteiger partial charge on any atom is -0.306 e. The Morgan fingerprint density at radius 2 is 2.10 bits per heavy atom. The van der Waals surface area contributed by atoms with E-state index in [1.165, 1.54) is 33.7 Å². The van der Waals surface area contributed by atoms with Gasteiger partial charge >= 0.3 is 0 Å². The van der Waals surface area contributed by atoms with Crippen LogP contribution in [0.1, 0.15) is 23.6 Å². The summed E-state index contributed by atoms with van der Waals surface area (Å²) in [4.78, 5) is 1.42. The summed E-state index contributed by atoms with van der Waals surface area (Å²) in [5.41, 5.74) is 3.88. The fourth-order valence-electron chi connectivity index (χ4n) is 2.91. The number of nitrogens with one attached hydrogen (secondary N) is 1. The molecule has 4 heteroatoms. The first-order valence-electron chi connectivity index (χ1n) is 7.28. The maximum Gasteiger partial charge on any atom is 0.0706 e. The average molecular weight is 295 g/mol. The van der Waals surface area contributed by atoms with Gasteiger partial charge in [-0.05, 0) is 35.9 Å². The summed E-state index contributed by atoms with van der Waals surface area (Å²) in [6, 6.07) is 15.4. The van der Waals surface area contributed by atoms with Gasteiger partial charge in [0.2, 0.25) is 0 Å². The molecule has 21 heavy (non-hydrogen) atoms. The van der Waals surface area contributed by atoms with E-state index in [-0.39, 0.29) is 0 Å². The second kappa shape index (κ2) is 5.54. The number of nitrogens with zero attached hydrogens (tertiary/aromatic N) is 2. The van der Waals surface area contributed by atoms with Crippen LogP contribution < -0.4 is 5.32 Å². The second-order valence-electron chi connectivity index (χ2n) is 5.31. The van der Waals surface area contributed by atoms with E-state index in [1.807, 2.05) is 34.7 Å². The van der Waals surface area contributed by atoms with Crippen molar-refractivity contribution in [2.75, 3.05) is 5.75 Å². The van der Waals surface area contributed by atoms with Gasteiger partial charge in [0.25, 0.3) is 0 Å². The normalized spacial score (nSPS) is 17.8. The van der Waals surface area contributed by atoms with Crippen LogP contribution in [-0.4, -0.2) is 15.4 Å². The molecule has 0 bridgehead atoms. The molecule has 0 aliphatic carbocycles. The molecule has 1 aliphatic heterocycles. The van der Waals surface area contributed by atoms with E-state index in [2.05, 4.69) is 46.8 Å². The summed E-state index contributed by atoms with van der Waals surface area (Å²) in [5.74, 6) is 1.18. The van der Waals surface area contributed by atoms with Gasteiger partial charge in [0.15, 0.2) is 0 Å². The lowest BCUT2D eigenvalue weighted by atomic mass is 10.0. The lowest BCUT2D eigenvalue weighted by Gasteiger charge is -2.25. The van der Waals surface area contributed by atoms with E-state index in [4.69, 9.17) is 0 Å². The van der Waals surface area contributed by atoms with Gasteiger partial charge in [0, 0.05) is 29.2 Å². The van der Waals surface area contributed by atoms with Gasteiger partial charge in [0.1, 0.15) is 0 Å². The van der Waals surface area contributed by atoms with Gasteiger partial charge < -0.3 is 5.32 Å². The zero-order valence-electron chi connectivity index (χ0n) is 11.7. The molecule has 2 aromatic heterocycles. The van der Waals surface area contributed by atoms with Crippen molar-refractivity contribution in [3.8, 4) is 0 Å². The first-order valence-corrected chi connectivity index (χ1v) is 8.27. The summed E-state index contributed by atoms with van der Waals surface area (Å²) >= 11 is 1.96. The highest BCUT2D eigenvalue weighted by Crippen LogP contribution is 2.35. The van der Waals surface area contributed by atoms with Crippen molar-refractivity contribution in [2.45, 2.75) is 23.9 Å². The predicted octanol–water partition coefficient (Wildman–Crippen LogP) is 3.66. The largest absolute Gasteiger partial charge is 0.306 e. The minimum absolute atomic E-state index is 0.445. The van der Waals surface area contributed by atoms with Crippen LogP contribution >= 0.6 is 11.8 Å². The molecule has 3 aromatic rings. The van der Waals surface area contributed by atoms with E-state index in [9.17, 15) is 0 Å². The zero-order chi connectivity index (χ0) is 14.1. The van der Waals surface area contributed by atoms with Gasteiger partial charge in [-0.1, -0.05) is 24.3 Å². The highest BCUT2D eigenvalue weighted by molar-refractivity contribution is 7.99. The van der Waals surface area contributed by atoms with Crippen LogP contribution in [0.5, 0.6) is 0 Å². The van der Waals surface area contributed by atoms with E-state index in [0.717, 1.165) is 6.54 Å². The Labute approximate surface area is 128 Å². The van der Waals surface area contributed by atoms with Gasteiger partial charge in [0.05, 0.1) is 11.7 Å². The fraction of sp³-hybridized carbons (Fsp3) is 0.235. The van der Waals surface area contributed by atoms with Crippen molar-refractivity contribution in [3.63, 3.8) is 0 Å². The van der Waals surface area contributed by atoms with Gasteiger partial charge in [-0.15, -0.1) is 11.8 Å². The first kappa shape index (κ1) is 12.9. The number of aromatic nitrogens is 2. The average Bonchev–Trinajstić information content (AvgIpc) is 2.96. The molecule has 1 aromatic carbocycles. The number of fused-ring (bicyclic) bond motifs is 2. The quantitative estimate of drug-likeness (QED) is 0.799. The molecule has 0 fully saturated rings. The maximum absolute atomic E-state index is 4.40. The summed E-state index contributed by atoms with van der Waals surface area (Å²) in [6.07, 6.45) is 5.14. The van der Waals surface area contributed by atoms with Crippen molar-refractivity contribution in [2.24, 2.45) is 0 Å². The van der Waals surface area contributed by atoms with E-state index in [0.29, 0.717) is 6.04 Å². The van der Waals surface area contributed by atoms with Crippen molar-refractivity contribution in [1.29, 1.82) is 0 Å². The molecule has 4 rings (SSSR count). The van der Waals surface area contributed by atoms with Crippen LogP contribution in [-0.2, 0) is 6.54 Å². The standard InChI is InChI=1S/C17H17N3S/c1-2-7-17-14(5-1)15(8-10-21-17)18-11-13-12-19-20-9-4-3-6-16(13)20/h1-7,9,12,15,18H,8,10-11H2. The fourth-order valence-corrected chi connectivity index (χ4v) is 4.04. The summed E-state index contributed by atoms with van der Waals surface area (Å²) in [6.45, 7) is 0.858. The molecule has 0 radical (unpaired) electrons. The summed E-state index contributed by atoms with van der Waals surface area (Å²) < 4.78 is 1.93. The number of thioether (sulfide) groups is 1. The molecule has 1 atom stereocenters. The van der Waals surface area contributed by atoms with Crippen molar-refractivity contribution < 1.29 is 0 Å². The monoisotopic (exact) mass is 295 g/mol. The lowest BCUT2D eigenvalue weighted by Crippen LogP contribution is -2.24. The molecule has 106 valence electrons. The third kappa shape index (κ3) is 2.45. The number of hydrogen-bond donors (Lipinski definition) is 1. The SMILES string of the molecule is c1ccc2c(c1)SCCC2NCc1cnn2ccccc12. The van der Waals surface area contributed by atoms with Crippen molar-refractivity contribution in [1.82, 2.24) is 14.9 Å². The number of rotatable bonds is 3. The molecule has 1 N–H and O–H groups in total. The third-order valence-electron chi connectivity index (χ3n) is 4.00. The predicted molar refractivity (Wildman–Crippen MR) is 86.6 cm³/mol. The molecule has 1 unspecified atom stereocenters. The minimum atomic E-state index is 0.445. The topological polar surface area (TPSA) is 29.3 Å². The van der Waals surface area contributed by atoms with Crippen LogP contribution in [0.2, 0.25) is 0 Å². The Kier molecular flexibility index (Phi) is 3.41. The van der Waals surface area contributed by atoms with Crippen LogP contribution in [0.15, 0.2) is 59.8 Å². The highest BCUT2D eigenvalue weighted by atomic mass is 32.2. The molecule has 0 saturated heterocycles. The van der Waals surface area contributed by atoms with Crippen molar-refractivity contribution >= 4 is 17.3 Å². The van der Waals surface area contributed by atoms with Gasteiger partial charge in [-0.2, -0.15) is 5.10 Å². The Morgan fingerprint density at radius 3 is 3.10 bits per heavy atom. The Balaban J connectivity index is 1.55. The zero-order valence-corrected chi connectivity index (χ0v) is 12.5. The smallest absolute Gasteiger partial charge is 0.0706 e. The Morgan fingerprint density at radius 1 is 1.19 bits per heavy atom. The number of pyridine rings is 1. The molecular formula is C17H17N3S. The second-order valence-corrected chi connectivity index (χ2v) is 6.45. The lowest BCUT2D eigenvalue weighted by molar-refractivity contribution is 0.511. The summed E-state index contributed by atoms with van der Waals surface area (Å²) in [7, 11) is 0. The van der Waals surface area contributed by atoms with Crippen LogP contribution in [0.25, 0.3) is 5.52 Å². The number of hydrogen-bond acceptors (Lipinski definition) is 3. The highest BCUT2D eigenvalue weighted by Gasteiger charge is 2.19. The van der Waals surface area contributed by atoms with Gasteiger partial charge in [-0.25, -0.2) is 4.52 Å². The molecule has 0 saturated carbocycles. The number of benzene rings is 1. The maximum atomic E-state index is 4.40. The van der Waals surface area contributed by atoms with E-state index < -0.39 is 0 Å². The third-order valence-corrected chi connectivity index (χ3v) is 5.13. The van der Waals surface area contributed by atoms with E-state index >= 15 is 0 Å². The molecule has 0 spiro atoms. The molecule has 0 amide bonds. The van der Waals surface area contributed by atoms with Gasteiger partial charge in [-0.3, -0.25) is 0 Å². The van der Waals surface area contributed by atoms with Crippen LogP contribution in [0.3, 0.4) is 0 Å². The first-order chi connectivity index (χ1) is 10.4. The van der Waals surface area contributed by atoms with Crippen molar-refractivity contribution in [3.05, 3.63) is 66.0 Å². The van der Waals surface area contributed by atoms with Crippen LogP contribution in [0.4, 0.5) is 0 Å². The Bertz CT molecular complexity index is 765. The molecule has 3 nitrogen and oxygen atoms in total. The summed E-state index contributed by atoms with van der Waals surface area (Å²) in [5, 5.41) is 8.10. The molecular weight excluding hydrogens is 278 g/mol. The Hall–Kier alpha value is -1.78. The molecule has 3 heterocycles. The molecule has 1 aliphatic rings. The van der Waals surface area contributed by atoms with E-state index in [1.54, 1.807) is 0 Å². The van der Waals surface area contributed by atoms with Crippen LogP contribution in [0, 0.1) is 0 Å².